The highest BCUT2D eigenvalue weighted by Gasteiger charge is 2.11. The van der Waals surface area contributed by atoms with Crippen molar-refractivity contribution in [3.05, 3.63) is 53.6 Å². The van der Waals surface area contributed by atoms with Crippen LogP contribution in [0.2, 0.25) is 5.02 Å². The van der Waals surface area contributed by atoms with Crippen LogP contribution in [0.5, 0.6) is 0 Å². The fourth-order valence-electron chi connectivity index (χ4n) is 2.25. The molecule has 0 amide bonds. The third-order valence-corrected chi connectivity index (χ3v) is 3.82. The molecule has 126 valence electrons. The van der Waals surface area contributed by atoms with Gasteiger partial charge in [-0.3, -0.25) is 0 Å². The summed E-state index contributed by atoms with van der Waals surface area (Å²) >= 11 is 5.91. The molecule has 0 N–H and O–H groups in total. The number of nitrogens with zero attached hydrogens (tertiary/aromatic N) is 2. The van der Waals surface area contributed by atoms with Crippen LogP contribution in [0.25, 0.3) is 0 Å². The maximum atomic E-state index is 6.03. The van der Waals surface area contributed by atoms with Crippen LogP contribution in [0.15, 0.2) is 43.0 Å². The van der Waals surface area contributed by atoms with Gasteiger partial charge in [-0.1, -0.05) is 43.5 Å². The highest BCUT2D eigenvalue weighted by Crippen LogP contribution is 2.12. The molecule has 5 heteroatoms. The Morgan fingerprint density at radius 3 is 2.74 bits per heavy atom. The molecule has 0 radical (unpaired) electrons. The summed E-state index contributed by atoms with van der Waals surface area (Å²) in [6, 6.07) is 7.73. The quantitative estimate of drug-likeness (QED) is 0.573. The first-order valence-corrected chi connectivity index (χ1v) is 8.55. The fourth-order valence-corrected chi connectivity index (χ4v) is 2.37. The van der Waals surface area contributed by atoms with Crippen LogP contribution in [0.4, 0.5) is 0 Å². The number of hydrogen-bond acceptors (Lipinski definition) is 3. The molecule has 0 saturated heterocycles. The standard InChI is InChI=1S/C18H25ClN2O2/c1-2-3-4-11-22-14-18(12-21-10-9-20-15-21)23-13-16-5-7-17(19)8-6-16/h5-10,15,18H,2-4,11-14H2,1H3. The lowest BCUT2D eigenvalue weighted by atomic mass is 10.2. The molecule has 0 aliphatic carbocycles. The average Bonchev–Trinajstić information content (AvgIpc) is 3.06. The molecule has 0 spiro atoms. The van der Waals surface area contributed by atoms with Gasteiger partial charge in [-0.05, 0) is 24.1 Å². The van der Waals surface area contributed by atoms with Gasteiger partial charge in [-0.25, -0.2) is 4.98 Å². The molecule has 0 aliphatic heterocycles. The lowest BCUT2D eigenvalue weighted by Gasteiger charge is -2.19. The normalized spacial score (nSPS) is 12.4. The van der Waals surface area contributed by atoms with E-state index in [0.29, 0.717) is 13.2 Å². The van der Waals surface area contributed by atoms with Gasteiger partial charge in [-0.15, -0.1) is 0 Å². The van der Waals surface area contributed by atoms with E-state index in [1.165, 1.54) is 12.8 Å². The van der Waals surface area contributed by atoms with E-state index >= 15 is 0 Å². The zero-order chi connectivity index (χ0) is 16.3. The van der Waals surface area contributed by atoms with Crippen LogP contribution >= 0.6 is 11.6 Å². The Morgan fingerprint density at radius 1 is 1.22 bits per heavy atom. The molecule has 1 heterocycles. The average molecular weight is 337 g/mol. The molecule has 1 aromatic heterocycles. The van der Waals surface area contributed by atoms with E-state index in [4.69, 9.17) is 21.1 Å². The van der Waals surface area contributed by atoms with Crippen molar-refractivity contribution < 1.29 is 9.47 Å². The van der Waals surface area contributed by atoms with Gasteiger partial charge < -0.3 is 14.0 Å². The van der Waals surface area contributed by atoms with E-state index in [9.17, 15) is 0 Å². The summed E-state index contributed by atoms with van der Waals surface area (Å²) in [6.07, 6.45) is 9.03. The second-order valence-electron chi connectivity index (χ2n) is 5.60. The Bertz CT molecular complexity index is 528. The zero-order valence-corrected chi connectivity index (χ0v) is 14.4. The van der Waals surface area contributed by atoms with Gasteiger partial charge >= 0.3 is 0 Å². The minimum atomic E-state index is 0.00139. The van der Waals surface area contributed by atoms with Crippen molar-refractivity contribution in [2.75, 3.05) is 13.2 Å². The molecule has 0 fully saturated rings. The number of hydrogen-bond donors (Lipinski definition) is 0. The minimum absolute atomic E-state index is 0.00139. The fraction of sp³-hybridized carbons (Fsp3) is 0.500. The maximum Gasteiger partial charge on any atom is 0.0991 e. The summed E-state index contributed by atoms with van der Waals surface area (Å²) in [4.78, 5) is 4.08. The van der Waals surface area contributed by atoms with Crippen molar-refractivity contribution in [2.45, 2.75) is 45.4 Å². The van der Waals surface area contributed by atoms with Gasteiger partial charge in [0, 0.05) is 24.0 Å². The molecule has 4 nitrogen and oxygen atoms in total. The van der Waals surface area contributed by atoms with Gasteiger partial charge in [0.2, 0.25) is 0 Å². The zero-order valence-electron chi connectivity index (χ0n) is 13.7. The van der Waals surface area contributed by atoms with Crippen LogP contribution in [0.3, 0.4) is 0 Å². The smallest absolute Gasteiger partial charge is 0.0991 e. The molecule has 23 heavy (non-hydrogen) atoms. The molecule has 1 unspecified atom stereocenters. The summed E-state index contributed by atoms with van der Waals surface area (Å²) in [7, 11) is 0. The molecule has 2 aromatic rings. The number of aromatic nitrogens is 2. The van der Waals surface area contributed by atoms with Crippen molar-refractivity contribution in [1.29, 1.82) is 0 Å². The first-order chi connectivity index (χ1) is 11.3. The number of imidazole rings is 1. The Hall–Kier alpha value is -1.36. The second-order valence-corrected chi connectivity index (χ2v) is 6.04. The van der Waals surface area contributed by atoms with E-state index in [1.807, 2.05) is 35.0 Å². The molecule has 1 aromatic carbocycles. The van der Waals surface area contributed by atoms with Crippen molar-refractivity contribution in [1.82, 2.24) is 9.55 Å². The highest BCUT2D eigenvalue weighted by atomic mass is 35.5. The van der Waals surface area contributed by atoms with Gasteiger partial charge in [0.25, 0.3) is 0 Å². The highest BCUT2D eigenvalue weighted by molar-refractivity contribution is 6.30. The van der Waals surface area contributed by atoms with E-state index in [-0.39, 0.29) is 6.10 Å². The molecule has 2 rings (SSSR count). The van der Waals surface area contributed by atoms with E-state index in [1.54, 1.807) is 12.5 Å². The van der Waals surface area contributed by atoms with Gasteiger partial charge in [0.15, 0.2) is 0 Å². The maximum absolute atomic E-state index is 6.03. The molecular formula is C18H25ClN2O2. The van der Waals surface area contributed by atoms with Crippen LogP contribution in [-0.4, -0.2) is 28.9 Å². The molecule has 0 bridgehead atoms. The Morgan fingerprint density at radius 2 is 2.04 bits per heavy atom. The van der Waals surface area contributed by atoms with E-state index in [0.717, 1.165) is 30.2 Å². The number of ether oxygens (including phenoxy) is 2. The predicted molar refractivity (Wildman–Crippen MR) is 92.6 cm³/mol. The Kier molecular flexibility index (Phi) is 8.15. The third kappa shape index (κ3) is 7.16. The number of benzene rings is 1. The Balaban J connectivity index is 1.80. The first-order valence-electron chi connectivity index (χ1n) is 8.17. The van der Waals surface area contributed by atoms with E-state index < -0.39 is 0 Å². The number of rotatable bonds is 11. The minimum Gasteiger partial charge on any atom is -0.379 e. The van der Waals surface area contributed by atoms with Gasteiger partial charge in [0.1, 0.15) is 0 Å². The van der Waals surface area contributed by atoms with Gasteiger partial charge in [-0.2, -0.15) is 0 Å². The van der Waals surface area contributed by atoms with Crippen LogP contribution < -0.4 is 0 Å². The van der Waals surface area contributed by atoms with Crippen molar-refractivity contribution in [3.8, 4) is 0 Å². The summed E-state index contributed by atoms with van der Waals surface area (Å²) in [5, 5.41) is 0.739. The predicted octanol–water partition coefficient (Wildman–Crippen LogP) is 4.33. The number of halogens is 1. The van der Waals surface area contributed by atoms with Crippen LogP contribution in [0, 0.1) is 0 Å². The summed E-state index contributed by atoms with van der Waals surface area (Å²) in [5.41, 5.74) is 1.11. The van der Waals surface area contributed by atoms with Gasteiger partial charge in [0.05, 0.1) is 32.2 Å². The van der Waals surface area contributed by atoms with Crippen molar-refractivity contribution in [2.24, 2.45) is 0 Å². The van der Waals surface area contributed by atoms with E-state index in [2.05, 4.69) is 11.9 Å². The molecule has 1 atom stereocenters. The Labute approximate surface area is 143 Å². The largest absolute Gasteiger partial charge is 0.379 e. The molecule has 0 aliphatic rings. The number of unbranched alkanes of at least 4 members (excludes halogenated alkanes) is 2. The SMILES string of the molecule is CCCCCOCC(Cn1ccnc1)OCc1ccc(Cl)cc1. The van der Waals surface area contributed by atoms with Crippen LogP contribution in [-0.2, 0) is 22.6 Å². The lowest BCUT2D eigenvalue weighted by Crippen LogP contribution is -2.25. The lowest BCUT2D eigenvalue weighted by molar-refractivity contribution is -0.0333. The second kappa shape index (κ2) is 10.4. The summed E-state index contributed by atoms with van der Waals surface area (Å²) in [6.45, 7) is 4.86. The summed E-state index contributed by atoms with van der Waals surface area (Å²) < 4.78 is 13.8. The third-order valence-electron chi connectivity index (χ3n) is 3.57. The summed E-state index contributed by atoms with van der Waals surface area (Å²) in [5.74, 6) is 0. The topological polar surface area (TPSA) is 36.3 Å². The van der Waals surface area contributed by atoms with Crippen molar-refractivity contribution >= 4 is 11.6 Å². The van der Waals surface area contributed by atoms with Crippen LogP contribution in [0.1, 0.15) is 31.7 Å². The molecule has 0 saturated carbocycles. The first kappa shape index (κ1) is 18.0. The molecular weight excluding hydrogens is 312 g/mol. The van der Waals surface area contributed by atoms with Crippen molar-refractivity contribution in [3.63, 3.8) is 0 Å². The monoisotopic (exact) mass is 336 g/mol.